The van der Waals surface area contributed by atoms with E-state index in [1.165, 1.54) is 24.3 Å². The number of hydrogen-bond acceptors (Lipinski definition) is 2. The molecule has 0 heterocycles. The van der Waals surface area contributed by atoms with Crippen LogP contribution in [0.5, 0.6) is 0 Å². The molecular weight excluding hydrogens is 579 g/mol. The lowest BCUT2D eigenvalue weighted by molar-refractivity contribution is 0.100. The molecule has 0 N–H and O–H groups in total. The van der Waals surface area contributed by atoms with Gasteiger partial charge in [-0.3, -0.25) is 9.59 Å². The van der Waals surface area contributed by atoms with Crippen LogP contribution in [0.1, 0.15) is 31.8 Å². The zero-order chi connectivity index (χ0) is 32.2. The van der Waals surface area contributed by atoms with Gasteiger partial charge in [0.2, 0.25) is 0 Å². The molecule has 2 nitrogen and oxygen atoms in total. The highest BCUT2D eigenvalue weighted by Gasteiger charge is 2.34. The van der Waals surface area contributed by atoms with Gasteiger partial charge in [-0.15, -0.1) is 0 Å². The van der Waals surface area contributed by atoms with Crippen molar-refractivity contribution in [3.63, 3.8) is 0 Å². The van der Waals surface area contributed by atoms with Gasteiger partial charge in [0.25, 0.3) is 0 Å². The first kappa shape index (κ1) is 29.5. The zero-order valence-corrected chi connectivity index (χ0v) is 25.4. The number of carbonyl (C=O) groups is 2. The lowest BCUT2D eigenvalue weighted by atomic mass is 9.74. The first-order valence-electron chi connectivity index (χ1n) is 15.5. The summed E-state index contributed by atoms with van der Waals surface area (Å²) >= 11 is 0. The van der Waals surface area contributed by atoms with Gasteiger partial charge in [0.1, 0.15) is 5.82 Å². The van der Waals surface area contributed by atoms with Gasteiger partial charge in [-0.1, -0.05) is 152 Å². The van der Waals surface area contributed by atoms with Gasteiger partial charge in [0.05, 0.1) is 0 Å². The fourth-order valence-electron chi connectivity index (χ4n) is 6.26. The summed E-state index contributed by atoms with van der Waals surface area (Å²) in [6.07, 6.45) is 0. The molecule has 3 heteroatoms. The van der Waals surface area contributed by atoms with Gasteiger partial charge < -0.3 is 0 Å². The summed E-state index contributed by atoms with van der Waals surface area (Å²) < 4.78 is 14.2. The summed E-state index contributed by atoms with van der Waals surface area (Å²) in [5, 5.41) is 0. The molecule has 224 valence electrons. The second-order valence-corrected chi connectivity index (χ2v) is 11.2. The Labute approximate surface area is 273 Å². The van der Waals surface area contributed by atoms with Crippen molar-refractivity contribution in [1.82, 2.24) is 0 Å². The van der Waals surface area contributed by atoms with Crippen LogP contribution < -0.4 is 0 Å². The molecule has 0 saturated carbocycles. The normalized spacial score (nSPS) is 10.8. The standard InChI is InChI=1S/C44H29FO2/c45-36-28-26-35(27-29-36)44(47)42-40(33-22-12-4-13-23-33)38(31-18-8-2-9-19-31)37(30-16-6-1-7-17-30)39(32-20-10-3-11-21-32)41(42)43(46)34-24-14-5-15-25-34/h1-29H. The van der Waals surface area contributed by atoms with Crippen LogP contribution in [0.25, 0.3) is 44.5 Å². The minimum Gasteiger partial charge on any atom is -0.289 e. The van der Waals surface area contributed by atoms with E-state index in [1.807, 2.05) is 140 Å². The average Bonchev–Trinajstić information content (AvgIpc) is 3.15. The molecule has 0 aliphatic rings. The van der Waals surface area contributed by atoms with Crippen molar-refractivity contribution in [1.29, 1.82) is 0 Å². The molecule has 0 saturated heterocycles. The quantitative estimate of drug-likeness (QED) is 0.161. The number of hydrogen-bond donors (Lipinski definition) is 0. The van der Waals surface area contributed by atoms with Crippen LogP contribution in [0.3, 0.4) is 0 Å². The van der Waals surface area contributed by atoms with Crippen molar-refractivity contribution in [2.45, 2.75) is 0 Å². The first-order chi connectivity index (χ1) is 23.1. The molecule has 0 atom stereocenters. The van der Waals surface area contributed by atoms with Crippen LogP contribution in [0, 0.1) is 5.82 Å². The lowest BCUT2D eigenvalue weighted by Crippen LogP contribution is -2.17. The zero-order valence-electron chi connectivity index (χ0n) is 25.4. The molecule has 7 rings (SSSR count). The molecule has 0 aromatic heterocycles. The molecule has 7 aromatic carbocycles. The number of carbonyl (C=O) groups excluding carboxylic acids is 2. The minimum absolute atomic E-state index is 0.272. The molecule has 0 aliphatic heterocycles. The Kier molecular flexibility index (Phi) is 8.19. The summed E-state index contributed by atoms with van der Waals surface area (Å²) in [5.74, 6) is -1.08. The van der Waals surface area contributed by atoms with Crippen LogP contribution in [0.4, 0.5) is 4.39 Å². The fraction of sp³-hybridized carbons (Fsp3) is 0. The summed E-state index contributed by atoms with van der Waals surface area (Å²) in [4.78, 5) is 30.1. The van der Waals surface area contributed by atoms with Gasteiger partial charge in [-0.05, 0) is 57.6 Å². The van der Waals surface area contributed by atoms with Gasteiger partial charge >= 0.3 is 0 Å². The third kappa shape index (κ3) is 5.71. The Morgan fingerprint density at radius 2 is 0.596 bits per heavy atom. The topological polar surface area (TPSA) is 34.1 Å². The van der Waals surface area contributed by atoms with E-state index in [1.54, 1.807) is 12.1 Å². The van der Waals surface area contributed by atoms with Crippen molar-refractivity contribution in [3.8, 4) is 44.5 Å². The number of rotatable bonds is 8. The summed E-state index contributed by atoms with van der Waals surface area (Å²) in [6.45, 7) is 0. The minimum atomic E-state index is -0.445. The molecule has 47 heavy (non-hydrogen) atoms. The maximum atomic E-state index is 15.1. The Morgan fingerprint density at radius 3 is 0.936 bits per heavy atom. The predicted octanol–water partition coefficient (Wildman–Crippen LogP) is 11.0. The highest BCUT2D eigenvalue weighted by atomic mass is 19.1. The molecule has 0 spiro atoms. The summed E-state index contributed by atoms with van der Waals surface area (Å²) in [7, 11) is 0. The van der Waals surface area contributed by atoms with Crippen LogP contribution in [-0.2, 0) is 0 Å². The van der Waals surface area contributed by atoms with Crippen LogP contribution >= 0.6 is 0 Å². The fourth-order valence-corrected chi connectivity index (χ4v) is 6.26. The molecule has 7 aromatic rings. The maximum Gasteiger partial charge on any atom is 0.194 e. The van der Waals surface area contributed by atoms with Gasteiger partial charge in [0, 0.05) is 33.4 Å². The van der Waals surface area contributed by atoms with E-state index in [0.717, 1.165) is 33.4 Å². The summed E-state index contributed by atoms with van der Waals surface area (Å²) in [5.41, 5.74) is 7.70. The third-order valence-corrected chi connectivity index (χ3v) is 8.35. The van der Waals surface area contributed by atoms with E-state index < -0.39 is 5.82 Å². The van der Waals surface area contributed by atoms with Crippen LogP contribution in [-0.4, -0.2) is 11.6 Å². The monoisotopic (exact) mass is 608 g/mol. The number of benzene rings is 7. The van der Waals surface area contributed by atoms with E-state index >= 15 is 9.59 Å². The largest absolute Gasteiger partial charge is 0.289 e. The van der Waals surface area contributed by atoms with Crippen LogP contribution in [0.2, 0.25) is 0 Å². The second kappa shape index (κ2) is 13.0. The van der Waals surface area contributed by atoms with E-state index in [0.29, 0.717) is 22.3 Å². The van der Waals surface area contributed by atoms with E-state index in [9.17, 15) is 4.39 Å². The van der Waals surface area contributed by atoms with E-state index in [-0.39, 0.29) is 22.7 Å². The highest BCUT2D eigenvalue weighted by molar-refractivity contribution is 6.28. The predicted molar refractivity (Wildman–Crippen MR) is 188 cm³/mol. The molecular formula is C44H29FO2. The number of ketones is 2. The molecule has 0 unspecified atom stereocenters. The van der Waals surface area contributed by atoms with Crippen molar-refractivity contribution in [2.24, 2.45) is 0 Å². The second-order valence-electron chi connectivity index (χ2n) is 11.2. The lowest BCUT2D eigenvalue weighted by Gasteiger charge is -2.27. The Morgan fingerprint density at radius 1 is 0.319 bits per heavy atom. The van der Waals surface area contributed by atoms with Crippen molar-refractivity contribution in [3.05, 3.63) is 204 Å². The first-order valence-corrected chi connectivity index (χ1v) is 15.5. The van der Waals surface area contributed by atoms with E-state index in [2.05, 4.69) is 0 Å². The summed E-state index contributed by atoms with van der Waals surface area (Å²) in [6, 6.07) is 54.1. The van der Waals surface area contributed by atoms with Gasteiger partial charge in [-0.25, -0.2) is 4.39 Å². The van der Waals surface area contributed by atoms with Crippen LogP contribution in [0.15, 0.2) is 176 Å². The molecule has 0 amide bonds. The number of halogens is 1. The van der Waals surface area contributed by atoms with Gasteiger partial charge in [-0.2, -0.15) is 0 Å². The molecule has 0 radical (unpaired) electrons. The average molecular weight is 609 g/mol. The van der Waals surface area contributed by atoms with E-state index in [4.69, 9.17) is 0 Å². The maximum absolute atomic E-state index is 15.1. The van der Waals surface area contributed by atoms with Crippen molar-refractivity contribution in [2.75, 3.05) is 0 Å². The SMILES string of the molecule is O=C(c1ccccc1)c1c(C(=O)c2ccc(F)cc2)c(-c2ccccc2)c(-c2ccccc2)c(-c2ccccc2)c1-c1ccccc1. The smallest absolute Gasteiger partial charge is 0.194 e. The molecule has 0 fully saturated rings. The Bertz CT molecular complexity index is 2180. The molecule has 0 aliphatic carbocycles. The van der Waals surface area contributed by atoms with Gasteiger partial charge in [0.15, 0.2) is 11.6 Å². The highest BCUT2D eigenvalue weighted by Crippen LogP contribution is 2.50. The van der Waals surface area contributed by atoms with Crippen molar-refractivity contribution >= 4 is 11.6 Å². The third-order valence-electron chi connectivity index (χ3n) is 8.35. The Hall–Kier alpha value is -6.19. The van der Waals surface area contributed by atoms with Crippen molar-refractivity contribution < 1.29 is 14.0 Å². The molecule has 0 bridgehead atoms. The Balaban J connectivity index is 1.77.